The lowest BCUT2D eigenvalue weighted by atomic mass is 10.1. The van der Waals surface area contributed by atoms with Crippen LogP contribution in [0, 0.1) is 0 Å². The number of anilines is 1. The van der Waals surface area contributed by atoms with Crippen LogP contribution in [0.25, 0.3) is 17.4 Å². The first kappa shape index (κ1) is 24.2. The number of carboxylic acids is 1. The van der Waals surface area contributed by atoms with Crippen LogP contribution >= 0.6 is 23.4 Å². The normalized spacial score (nSPS) is 18.4. The number of carboxylic acid groups (broad SMARTS) is 1. The summed E-state index contributed by atoms with van der Waals surface area (Å²) in [6, 6.07) is 16.0. The fraction of sp³-hybridized carbons (Fsp3) is 0.192. The number of nitrogens with zero attached hydrogens (tertiary/aromatic N) is 3. The second-order valence-electron chi connectivity index (χ2n) is 8.19. The number of thioether (sulfide) groups is 1. The van der Waals surface area contributed by atoms with Gasteiger partial charge in [0.1, 0.15) is 11.5 Å². The number of carbonyl (C=O) groups is 2. The quantitative estimate of drug-likeness (QED) is 0.449. The summed E-state index contributed by atoms with van der Waals surface area (Å²) in [6.07, 6.45) is 1.66. The summed E-state index contributed by atoms with van der Waals surface area (Å²) < 4.78 is 11.3. The Kier molecular flexibility index (Phi) is 6.86. The van der Waals surface area contributed by atoms with Crippen molar-refractivity contribution in [2.45, 2.75) is 0 Å². The van der Waals surface area contributed by atoms with Crippen molar-refractivity contribution < 1.29 is 23.8 Å². The molecule has 2 saturated heterocycles. The number of amides is 1. The maximum Gasteiger partial charge on any atom is 0.337 e. The Bertz CT molecular complexity index is 1380. The Labute approximate surface area is 216 Å². The molecule has 0 radical (unpaired) electrons. The van der Waals surface area contributed by atoms with E-state index >= 15 is 0 Å². The Morgan fingerprint density at radius 3 is 2.58 bits per heavy atom. The summed E-state index contributed by atoms with van der Waals surface area (Å²) in [5.41, 5.74) is 2.45. The molecule has 2 aliphatic rings. The second-order valence-corrected chi connectivity index (χ2v) is 9.60. The smallest absolute Gasteiger partial charge is 0.337 e. The Hall–Kier alpha value is -3.53. The van der Waals surface area contributed by atoms with Crippen molar-refractivity contribution in [2.75, 3.05) is 38.3 Å². The van der Waals surface area contributed by atoms with Gasteiger partial charge in [-0.1, -0.05) is 11.6 Å². The molecule has 0 spiro atoms. The molecule has 1 amide bonds. The Balaban J connectivity index is 1.33. The molecule has 3 aromatic rings. The molecule has 36 heavy (non-hydrogen) atoms. The van der Waals surface area contributed by atoms with Gasteiger partial charge in [-0.3, -0.25) is 9.69 Å². The van der Waals surface area contributed by atoms with Gasteiger partial charge < -0.3 is 19.2 Å². The predicted molar refractivity (Wildman–Crippen MR) is 141 cm³/mol. The first-order chi connectivity index (χ1) is 17.4. The number of furan rings is 1. The van der Waals surface area contributed by atoms with Gasteiger partial charge >= 0.3 is 5.97 Å². The zero-order valence-corrected chi connectivity index (χ0v) is 20.9. The fourth-order valence-corrected chi connectivity index (χ4v) is 5.04. The van der Waals surface area contributed by atoms with Crippen LogP contribution in [0.15, 0.2) is 68.9 Å². The number of hydrogen-bond donors (Lipinski definition) is 1. The number of hydrogen-bond acceptors (Lipinski definition) is 7. The zero-order valence-electron chi connectivity index (χ0n) is 19.3. The highest BCUT2D eigenvalue weighted by atomic mass is 35.5. The molecule has 2 aliphatic heterocycles. The first-order valence-corrected chi connectivity index (χ1v) is 12.4. The molecule has 1 aromatic heterocycles. The number of benzene rings is 2. The summed E-state index contributed by atoms with van der Waals surface area (Å²) in [5, 5.41) is 10.0. The molecule has 0 aliphatic carbocycles. The van der Waals surface area contributed by atoms with Crippen LogP contribution in [0.2, 0.25) is 5.02 Å². The third-order valence-corrected chi connectivity index (χ3v) is 7.23. The van der Waals surface area contributed by atoms with Crippen LogP contribution in [-0.2, 0) is 9.53 Å². The average Bonchev–Trinajstić information content (AvgIpc) is 3.46. The van der Waals surface area contributed by atoms with Crippen molar-refractivity contribution in [3.8, 4) is 11.3 Å². The van der Waals surface area contributed by atoms with Crippen LogP contribution in [0.3, 0.4) is 0 Å². The number of carbonyl (C=O) groups excluding carboxylic acids is 1. The van der Waals surface area contributed by atoms with Gasteiger partial charge in [0.25, 0.3) is 5.91 Å². The standard InChI is InChI=1S/C26H22ClN3O5S/c1-29-24(31)23(15-19-7-9-22(35-19)16-2-8-21(27)20(14-16)25(32)33)36-26(29)28-17-3-5-18(6-4-17)30-10-12-34-13-11-30/h2-9,14-15H,10-13H2,1H3,(H,32,33)/b23-15+,28-26?. The van der Waals surface area contributed by atoms with Gasteiger partial charge in [0.2, 0.25) is 0 Å². The van der Waals surface area contributed by atoms with E-state index in [-0.39, 0.29) is 16.5 Å². The molecule has 1 N–H and O–H groups in total. The summed E-state index contributed by atoms with van der Waals surface area (Å²) in [7, 11) is 1.69. The minimum absolute atomic E-state index is 0.00699. The highest BCUT2D eigenvalue weighted by molar-refractivity contribution is 8.18. The first-order valence-electron chi connectivity index (χ1n) is 11.2. The molecule has 2 fully saturated rings. The maximum atomic E-state index is 12.8. The molecule has 2 aromatic carbocycles. The lowest BCUT2D eigenvalue weighted by Gasteiger charge is -2.28. The molecule has 0 unspecified atom stereocenters. The Morgan fingerprint density at radius 1 is 1.11 bits per heavy atom. The molecule has 3 heterocycles. The van der Waals surface area contributed by atoms with Crippen molar-refractivity contribution >= 4 is 57.9 Å². The van der Waals surface area contributed by atoms with Crippen LogP contribution in [0.4, 0.5) is 11.4 Å². The van der Waals surface area contributed by atoms with Crippen molar-refractivity contribution in [3.63, 3.8) is 0 Å². The highest BCUT2D eigenvalue weighted by Gasteiger charge is 2.30. The average molecular weight is 524 g/mol. The topological polar surface area (TPSA) is 95.6 Å². The van der Waals surface area contributed by atoms with E-state index in [0.29, 0.717) is 27.2 Å². The number of amidine groups is 1. The number of halogens is 1. The van der Waals surface area contributed by atoms with Crippen molar-refractivity contribution in [1.29, 1.82) is 0 Å². The number of aliphatic imine (C=N–C) groups is 1. The van der Waals surface area contributed by atoms with Crippen LogP contribution in [0.1, 0.15) is 16.1 Å². The summed E-state index contributed by atoms with van der Waals surface area (Å²) >= 11 is 7.23. The van der Waals surface area contributed by atoms with Gasteiger partial charge in [0.05, 0.1) is 34.4 Å². The molecule has 0 bridgehead atoms. The number of aromatic carboxylic acids is 1. The van der Waals surface area contributed by atoms with Gasteiger partial charge in [-0.15, -0.1) is 0 Å². The molecule has 184 valence electrons. The molecule has 0 saturated carbocycles. The van der Waals surface area contributed by atoms with E-state index in [1.54, 1.807) is 31.3 Å². The lowest BCUT2D eigenvalue weighted by molar-refractivity contribution is -0.121. The van der Waals surface area contributed by atoms with Gasteiger partial charge in [-0.05, 0) is 66.4 Å². The van der Waals surface area contributed by atoms with E-state index in [9.17, 15) is 14.7 Å². The molecule has 0 atom stereocenters. The van der Waals surface area contributed by atoms with Gasteiger partial charge in [0, 0.05) is 37.5 Å². The van der Waals surface area contributed by atoms with Gasteiger partial charge in [0.15, 0.2) is 5.17 Å². The van der Waals surface area contributed by atoms with Crippen LogP contribution in [-0.4, -0.2) is 60.4 Å². The van der Waals surface area contributed by atoms with Crippen molar-refractivity contribution in [1.82, 2.24) is 4.90 Å². The molecular formula is C26H22ClN3O5S. The highest BCUT2D eigenvalue weighted by Crippen LogP contribution is 2.35. The maximum absolute atomic E-state index is 12.8. The lowest BCUT2D eigenvalue weighted by Crippen LogP contribution is -2.36. The molecule has 8 nitrogen and oxygen atoms in total. The largest absolute Gasteiger partial charge is 0.478 e. The number of morpholine rings is 1. The van der Waals surface area contributed by atoms with E-state index in [0.717, 1.165) is 37.7 Å². The van der Waals surface area contributed by atoms with Crippen LogP contribution in [0.5, 0.6) is 0 Å². The van der Waals surface area contributed by atoms with E-state index < -0.39 is 5.97 Å². The van der Waals surface area contributed by atoms with Crippen molar-refractivity contribution in [2.24, 2.45) is 4.99 Å². The molecule has 5 rings (SSSR count). The fourth-order valence-electron chi connectivity index (χ4n) is 3.88. The van der Waals surface area contributed by atoms with E-state index in [1.807, 2.05) is 24.3 Å². The zero-order chi connectivity index (χ0) is 25.2. The third kappa shape index (κ3) is 5.04. The molecule has 10 heteroatoms. The number of rotatable bonds is 5. The van der Waals surface area contributed by atoms with E-state index in [1.165, 1.54) is 28.8 Å². The minimum atomic E-state index is -1.12. The van der Waals surface area contributed by atoms with E-state index in [2.05, 4.69) is 9.89 Å². The second kappa shape index (κ2) is 10.2. The number of likely N-dealkylation sites (N-methyl/N-ethyl adjacent to an activating group) is 1. The summed E-state index contributed by atoms with van der Waals surface area (Å²) in [5.74, 6) is -0.355. The summed E-state index contributed by atoms with van der Waals surface area (Å²) in [4.78, 5) is 33.1. The van der Waals surface area contributed by atoms with Gasteiger partial charge in [-0.2, -0.15) is 0 Å². The van der Waals surface area contributed by atoms with Crippen LogP contribution < -0.4 is 4.90 Å². The minimum Gasteiger partial charge on any atom is -0.478 e. The van der Waals surface area contributed by atoms with Crippen molar-refractivity contribution in [3.05, 3.63) is 75.8 Å². The summed E-state index contributed by atoms with van der Waals surface area (Å²) in [6.45, 7) is 3.18. The molecular weight excluding hydrogens is 502 g/mol. The van der Waals surface area contributed by atoms with E-state index in [4.69, 9.17) is 20.8 Å². The monoisotopic (exact) mass is 523 g/mol. The van der Waals surface area contributed by atoms with Gasteiger partial charge in [-0.25, -0.2) is 9.79 Å². The third-order valence-electron chi connectivity index (χ3n) is 5.84. The SMILES string of the molecule is CN1C(=O)/C(=C\c2ccc(-c3ccc(Cl)c(C(=O)O)c3)o2)SC1=Nc1ccc(N2CCOCC2)cc1. The predicted octanol–water partition coefficient (Wildman–Crippen LogP) is 5.37. The number of ether oxygens (including phenoxy) is 1. The Morgan fingerprint density at radius 2 is 1.86 bits per heavy atom.